The summed E-state index contributed by atoms with van der Waals surface area (Å²) in [6.07, 6.45) is 1.92. The molecule has 28 heavy (non-hydrogen) atoms. The molecular weight excluding hydrogens is 424 g/mol. The number of rotatable bonds is 5. The van der Waals surface area contributed by atoms with E-state index >= 15 is 0 Å². The Bertz CT molecular complexity index is 834. The molecule has 2 unspecified atom stereocenters. The molecule has 1 aliphatic rings. The fourth-order valence-electron chi connectivity index (χ4n) is 3.11. The van der Waals surface area contributed by atoms with Crippen LogP contribution in [0.5, 0.6) is 0 Å². The summed E-state index contributed by atoms with van der Waals surface area (Å²) < 4.78 is 6.54. The van der Waals surface area contributed by atoms with E-state index in [1.54, 1.807) is 30.5 Å². The Kier molecular flexibility index (Phi) is 6.64. The third-order valence-corrected chi connectivity index (χ3v) is 4.76. The molecule has 1 aliphatic heterocycles. The number of pyridine rings is 1. The van der Waals surface area contributed by atoms with Crippen LogP contribution in [0.2, 0.25) is 0 Å². The van der Waals surface area contributed by atoms with E-state index in [4.69, 9.17) is 4.74 Å². The zero-order chi connectivity index (χ0) is 20.1. The summed E-state index contributed by atoms with van der Waals surface area (Å²) >= 11 is 3.32. The largest absolute Gasteiger partial charge is 0.372 e. The van der Waals surface area contributed by atoms with Crippen molar-refractivity contribution in [1.29, 1.82) is 0 Å². The lowest BCUT2D eigenvalue weighted by molar-refractivity contribution is -0.115. The van der Waals surface area contributed by atoms with Crippen LogP contribution in [0.3, 0.4) is 0 Å². The quantitative estimate of drug-likeness (QED) is 0.737. The van der Waals surface area contributed by atoms with Gasteiger partial charge >= 0.3 is 0 Å². The fraction of sp³-hybridized carbons (Fsp3) is 0.350. The monoisotopic (exact) mass is 446 g/mol. The normalized spacial score (nSPS) is 19.2. The van der Waals surface area contributed by atoms with Crippen molar-refractivity contribution < 1.29 is 14.3 Å². The van der Waals surface area contributed by atoms with Crippen molar-refractivity contribution in [3.63, 3.8) is 0 Å². The second-order valence-corrected chi connectivity index (χ2v) is 7.72. The fourth-order valence-corrected chi connectivity index (χ4v) is 3.51. The number of carbonyl (C=O) groups excluding carboxylic acids is 2. The van der Waals surface area contributed by atoms with Crippen molar-refractivity contribution in [2.24, 2.45) is 0 Å². The molecule has 1 aromatic carbocycles. The van der Waals surface area contributed by atoms with E-state index in [2.05, 4.69) is 36.4 Å². The summed E-state index contributed by atoms with van der Waals surface area (Å²) in [5, 5.41) is 5.34. The van der Waals surface area contributed by atoms with Crippen molar-refractivity contribution in [3.8, 4) is 0 Å². The first-order valence-electron chi connectivity index (χ1n) is 9.11. The Morgan fingerprint density at radius 2 is 1.96 bits per heavy atom. The lowest BCUT2D eigenvalue weighted by atomic mass is 10.2. The Morgan fingerprint density at radius 3 is 2.61 bits per heavy atom. The van der Waals surface area contributed by atoms with Crippen LogP contribution in [0.1, 0.15) is 24.2 Å². The van der Waals surface area contributed by atoms with Gasteiger partial charge in [-0.1, -0.05) is 22.0 Å². The molecule has 1 aromatic heterocycles. The molecule has 2 heterocycles. The molecule has 0 spiro atoms. The number of hydrogen-bond acceptors (Lipinski definition) is 5. The van der Waals surface area contributed by atoms with Crippen LogP contribution >= 0.6 is 15.9 Å². The minimum atomic E-state index is -0.313. The number of anilines is 2. The summed E-state index contributed by atoms with van der Waals surface area (Å²) in [6, 6.07) is 10.7. The summed E-state index contributed by atoms with van der Waals surface area (Å²) in [4.78, 5) is 30.8. The Balaban J connectivity index is 1.51. The van der Waals surface area contributed by atoms with E-state index in [9.17, 15) is 9.59 Å². The minimum absolute atomic E-state index is 0.119. The number of hydrogen-bond donors (Lipinski definition) is 2. The van der Waals surface area contributed by atoms with Gasteiger partial charge in [-0.2, -0.15) is 0 Å². The van der Waals surface area contributed by atoms with E-state index < -0.39 is 0 Å². The Morgan fingerprint density at radius 1 is 1.21 bits per heavy atom. The van der Waals surface area contributed by atoms with Gasteiger partial charge in [-0.15, -0.1) is 0 Å². The van der Waals surface area contributed by atoms with Crippen LogP contribution in [-0.2, 0) is 9.53 Å². The van der Waals surface area contributed by atoms with Crippen molar-refractivity contribution in [2.75, 3.05) is 29.9 Å². The van der Waals surface area contributed by atoms with E-state index in [-0.39, 0.29) is 30.6 Å². The Labute approximate surface area is 172 Å². The average Bonchev–Trinajstić information content (AvgIpc) is 2.66. The number of benzene rings is 1. The SMILES string of the molecule is CC1CN(c2ccc(NC(=O)CNC(=O)c3cccc(Br)c3)cn2)CC(C)O1. The van der Waals surface area contributed by atoms with Gasteiger partial charge in [0.05, 0.1) is 30.6 Å². The van der Waals surface area contributed by atoms with Gasteiger partial charge in [-0.05, 0) is 44.2 Å². The second kappa shape index (κ2) is 9.16. The van der Waals surface area contributed by atoms with Gasteiger partial charge in [0, 0.05) is 23.1 Å². The van der Waals surface area contributed by atoms with Crippen molar-refractivity contribution in [2.45, 2.75) is 26.1 Å². The van der Waals surface area contributed by atoms with Crippen molar-refractivity contribution in [3.05, 3.63) is 52.6 Å². The first-order chi connectivity index (χ1) is 13.4. The number of halogens is 1. The summed E-state index contributed by atoms with van der Waals surface area (Å²) in [5.74, 6) is 0.231. The molecule has 0 radical (unpaired) electrons. The van der Waals surface area contributed by atoms with Crippen LogP contribution in [0, 0.1) is 0 Å². The van der Waals surface area contributed by atoms with Crippen molar-refractivity contribution >= 4 is 39.2 Å². The van der Waals surface area contributed by atoms with E-state index in [1.165, 1.54) is 0 Å². The van der Waals surface area contributed by atoms with Crippen LogP contribution in [0.15, 0.2) is 47.1 Å². The molecule has 0 bridgehead atoms. The van der Waals surface area contributed by atoms with E-state index in [1.807, 2.05) is 26.0 Å². The maximum absolute atomic E-state index is 12.1. The first-order valence-corrected chi connectivity index (χ1v) is 9.90. The zero-order valence-electron chi connectivity index (χ0n) is 15.8. The number of nitrogens with zero attached hydrogens (tertiary/aromatic N) is 2. The first kappa shape index (κ1) is 20.3. The predicted octanol–water partition coefficient (Wildman–Crippen LogP) is 2.83. The molecule has 148 valence electrons. The highest BCUT2D eigenvalue weighted by Gasteiger charge is 2.23. The summed E-state index contributed by atoms with van der Waals surface area (Å²) in [7, 11) is 0. The highest BCUT2D eigenvalue weighted by Crippen LogP contribution is 2.19. The smallest absolute Gasteiger partial charge is 0.251 e. The third-order valence-electron chi connectivity index (χ3n) is 4.27. The van der Waals surface area contributed by atoms with Crippen molar-refractivity contribution in [1.82, 2.24) is 10.3 Å². The number of aromatic nitrogens is 1. The average molecular weight is 447 g/mol. The molecule has 3 rings (SSSR count). The molecule has 8 heteroatoms. The maximum atomic E-state index is 12.1. The molecule has 2 aromatic rings. The lowest BCUT2D eigenvalue weighted by Gasteiger charge is -2.36. The highest BCUT2D eigenvalue weighted by molar-refractivity contribution is 9.10. The van der Waals surface area contributed by atoms with Gasteiger partial charge < -0.3 is 20.3 Å². The molecule has 7 nitrogen and oxygen atoms in total. The molecule has 1 saturated heterocycles. The molecular formula is C20H23BrN4O3. The number of morpholine rings is 1. The maximum Gasteiger partial charge on any atom is 0.251 e. The standard InChI is InChI=1S/C20H23BrN4O3/c1-13-11-25(12-14(2)28-13)18-7-6-17(9-22-18)24-19(26)10-23-20(27)15-4-3-5-16(21)8-15/h3-9,13-14H,10-12H2,1-2H3,(H,23,27)(H,24,26). The van der Waals surface area contributed by atoms with Gasteiger partial charge in [0.25, 0.3) is 5.91 Å². The van der Waals surface area contributed by atoms with Crippen LogP contribution in [0.25, 0.3) is 0 Å². The summed E-state index contributed by atoms with van der Waals surface area (Å²) in [5.41, 5.74) is 1.07. The number of amides is 2. The predicted molar refractivity (Wildman–Crippen MR) is 112 cm³/mol. The van der Waals surface area contributed by atoms with E-state index in [0.717, 1.165) is 23.4 Å². The van der Waals surface area contributed by atoms with Crippen LogP contribution in [-0.4, -0.2) is 48.6 Å². The van der Waals surface area contributed by atoms with Crippen LogP contribution in [0.4, 0.5) is 11.5 Å². The topological polar surface area (TPSA) is 83.6 Å². The molecule has 2 N–H and O–H groups in total. The zero-order valence-corrected chi connectivity index (χ0v) is 17.4. The summed E-state index contributed by atoms with van der Waals surface area (Å²) in [6.45, 7) is 5.53. The second-order valence-electron chi connectivity index (χ2n) is 6.81. The molecule has 0 saturated carbocycles. The van der Waals surface area contributed by atoms with Gasteiger partial charge in [-0.3, -0.25) is 9.59 Å². The molecule has 2 atom stereocenters. The number of nitrogens with one attached hydrogen (secondary N) is 2. The van der Waals surface area contributed by atoms with Gasteiger partial charge in [-0.25, -0.2) is 4.98 Å². The third kappa shape index (κ3) is 5.53. The Hall–Kier alpha value is -2.45. The molecule has 1 fully saturated rings. The van der Waals surface area contributed by atoms with E-state index in [0.29, 0.717) is 11.3 Å². The number of carbonyl (C=O) groups is 2. The number of ether oxygens (including phenoxy) is 1. The van der Waals surface area contributed by atoms with Gasteiger partial charge in [0.2, 0.25) is 5.91 Å². The van der Waals surface area contributed by atoms with Crippen LogP contribution < -0.4 is 15.5 Å². The minimum Gasteiger partial charge on any atom is -0.372 e. The molecule has 0 aliphatic carbocycles. The molecule has 2 amide bonds. The van der Waals surface area contributed by atoms with Gasteiger partial charge in [0.15, 0.2) is 0 Å². The van der Waals surface area contributed by atoms with Gasteiger partial charge in [0.1, 0.15) is 5.82 Å². The lowest BCUT2D eigenvalue weighted by Crippen LogP contribution is -2.45. The highest BCUT2D eigenvalue weighted by atomic mass is 79.9.